The molecule has 1 N–H and O–H groups in total. The Bertz CT molecular complexity index is 1310. The average Bonchev–Trinajstić information content (AvgIpc) is 3.54. The van der Waals surface area contributed by atoms with Gasteiger partial charge in [0, 0.05) is 23.7 Å². The topological polar surface area (TPSA) is 46.9 Å². The maximum Gasteiger partial charge on any atom is 0.220 e. The number of amides is 1. The average molecular weight is 658 g/mol. The number of carbonyl (C=O) groups excluding carboxylic acids is 1. The molecular weight excluding hydrogens is 598 g/mol. The monoisotopic (exact) mass is 657 g/mol. The van der Waals surface area contributed by atoms with Crippen molar-refractivity contribution in [2.75, 3.05) is 6.54 Å². The number of nitrogens with zero attached hydrogens (tertiary/aromatic N) is 2. The molecular formula is C42H60ClN3O. The van der Waals surface area contributed by atoms with Gasteiger partial charge in [-0.2, -0.15) is 0 Å². The minimum atomic E-state index is 0.105. The third-order valence-electron chi connectivity index (χ3n) is 7.13. The molecule has 0 radical (unpaired) electrons. The molecule has 3 aromatic rings. The highest BCUT2D eigenvalue weighted by Crippen LogP contribution is 2.31. The van der Waals surface area contributed by atoms with Gasteiger partial charge in [-0.3, -0.25) is 4.79 Å². The summed E-state index contributed by atoms with van der Waals surface area (Å²) in [4.78, 5) is 17.1. The third-order valence-corrected chi connectivity index (χ3v) is 7.38. The Morgan fingerprint density at radius 2 is 1.57 bits per heavy atom. The van der Waals surface area contributed by atoms with Crippen molar-refractivity contribution in [2.24, 2.45) is 5.92 Å². The molecule has 2 unspecified atom stereocenters. The molecule has 1 aromatic heterocycles. The number of aryl methyl sites for hydroxylation is 2. The van der Waals surface area contributed by atoms with Crippen LogP contribution in [-0.4, -0.2) is 22.0 Å². The van der Waals surface area contributed by atoms with Crippen LogP contribution < -0.4 is 5.32 Å². The van der Waals surface area contributed by atoms with Crippen LogP contribution in [0.15, 0.2) is 123 Å². The first kappa shape index (κ1) is 43.1. The van der Waals surface area contributed by atoms with Crippen LogP contribution in [0.3, 0.4) is 0 Å². The lowest BCUT2D eigenvalue weighted by molar-refractivity contribution is -0.121. The maximum atomic E-state index is 12.4. The van der Waals surface area contributed by atoms with Gasteiger partial charge in [0.15, 0.2) is 0 Å². The molecule has 2 aromatic carbocycles. The number of hydrogen-bond acceptors (Lipinski definition) is 2. The molecule has 1 amide bonds. The van der Waals surface area contributed by atoms with Crippen molar-refractivity contribution in [1.82, 2.24) is 14.9 Å². The number of imidazole rings is 1. The molecule has 0 bridgehead atoms. The van der Waals surface area contributed by atoms with Gasteiger partial charge < -0.3 is 9.88 Å². The van der Waals surface area contributed by atoms with E-state index in [4.69, 9.17) is 16.6 Å². The van der Waals surface area contributed by atoms with E-state index in [-0.39, 0.29) is 11.9 Å². The van der Waals surface area contributed by atoms with Gasteiger partial charge in [0.25, 0.3) is 0 Å². The van der Waals surface area contributed by atoms with Gasteiger partial charge in [0.1, 0.15) is 0 Å². The zero-order valence-electron chi connectivity index (χ0n) is 30.1. The fourth-order valence-corrected chi connectivity index (χ4v) is 5.00. The number of rotatable bonds is 11. The van der Waals surface area contributed by atoms with Crippen molar-refractivity contribution in [3.63, 3.8) is 0 Å². The Morgan fingerprint density at radius 1 is 0.957 bits per heavy atom. The summed E-state index contributed by atoms with van der Waals surface area (Å²) in [6.07, 6.45) is 22.6. The highest BCUT2D eigenvalue weighted by Gasteiger charge is 2.26. The smallest absolute Gasteiger partial charge is 0.220 e. The second kappa shape index (κ2) is 28.3. The van der Waals surface area contributed by atoms with Gasteiger partial charge in [0.2, 0.25) is 5.91 Å². The lowest BCUT2D eigenvalue weighted by atomic mass is 9.89. The van der Waals surface area contributed by atoms with E-state index in [0.717, 1.165) is 42.7 Å². The van der Waals surface area contributed by atoms with Crippen LogP contribution in [0.25, 0.3) is 0 Å². The molecule has 0 aliphatic heterocycles. The number of nitrogens with one attached hydrogen (secondary N) is 1. The van der Waals surface area contributed by atoms with E-state index in [0.29, 0.717) is 18.9 Å². The molecule has 4 nitrogen and oxygen atoms in total. The van der Waals surface area contributed by atoms with Crippen LogP contribution in [0.2, 0.25) is 5.02 Å². The normalized spacial score (nSPS) is 13.7. The lowest BCUT2D eigenvalue weighted by Gasteiger charge is -2.27. The van der Waals surface area contributed by atoms with Crippen molar-refractivity contribution in [2.45, 2.75) is 93.0 Å². The van der Waals surface area contributed by atoms with E-state index in [1.54, 1.807) is 6.08 Å². The number of hydrogen-bond donors (Lipinski definition) is 1. The molecule has 256 valence electrons. The standard InChI is InChI=1S/C27H30ClN3O.C6H10.C5H8.2C2H6/c1-2-6-25(22-7-4-3-5-8-22)31-19-30-24-15-11-21(17-26(24)31)18-29-27(32)16-12-20-9-13-23(28)14-10-20;1-3-5-6-4-2;1-3-5-4-2;2*1-2/h2-5,7-10,13-14,19,21,25H,1,6,11-12,15-18H2,(H,29,32);3-6H,1-2H3;3-5H,1H2,2H3;2*1-2H3/b;5-3-,6-4-;5-4-;;. The van der Waals surface area contributed by atoms with Gasteiger partial charge in [0.05, 0.1) is 18.1 Å². The van der Waals surface area contributed by atoms with Crippen molar-refractivity contribution < 1.29 is 4.79 Å². The Hall–Kier alpha value is -3.89. The van der Waals surface area contributed by atoms with Crippen LogP contribution >= 0.6 is 11.6 Å². The number of carbonyl (C=O) groups is 1. The third kappa shape index (κ3) is 17.6. The summed E-state index contributed by atoms with van der Waals surface area (Å²) in [6.45, 7) is 22.1. The molecule has 1 heterocycles. The maximum absolute atomic E-state index is 12.4. The predicted octanol–water partition coefficient (Wildman–Crippen LogP) is 11.5. The van der Waals surface area contributed by atoms with Crippen molar-refractivity contribution in [3.05, 3.63) is 150 Å². The first-order valence-corrected chi connectivity index (χ1v) is 17.5. The van der Waals surface area contributed by atoms with Gasteiger partial charge in [-0.25, -0.2) is 4.98 Å². The van der Waals surface area contributed by atoms with Crippen LogP contribution in [0.4, 0.5) is 0 Å². The zero-order chi connectivity index (χ0) is 35.3. The summed E-state index contributed by atoms with van der Waals surface area (Å²) >= 11 is 5.93. The Labute approximate surface area is 292 Å². The molecule has 47 heavy (non-hydrogen) atoms. The molecule has 0 spiro atoms. The summed E-state index contributed by atoms with van der Waals surface area (Å²) in [6, 6.07) is 18.4. The Morgan fingerprint density at radius 3 is 2.11 bits per heavy atom. The first-order chi connectivity index (χ1) is 23.0. The van der Waals surface area contributed by atoms with E-state index in [2.05, 4.69) is 47.3 Å². The largest absolute Gasteiger partial charge is 0.356 e. The molecule has 0 saturated heterocycles. The van der Waals surface area contributed by atoms with E-state index in [1.165, 1.54) is 17.0 Å². The second-order valence-corrected chi connectivity index (χ2v) is 10.8. The second-order valence-electron chi connectivity index (χ2n) is 10.3. The van der Waals surface area contributed by atoms with Crippen LogP contribution in [0, 0.1) is 5.92 Å². The van der Waals surface area contributed by atoms with Crippen LogP contribution in [-0.2, 0) is 24.1 Å². The number of halogens is 1. The van der Waals surface area contributed by atoms with E-state index in [9.17, 15) is 4.79 Å². The quantitative estimate of drug-likeness (QED) is 0.165. The summed E-state index contributed by atoms with van der Waals surface area (Å²) < 4.78 is 2.32. The lowest BCUT2D eigenvalue weighted by Crippen LogP contribution is -2.32. The van der Waals surface area contributed by atoms with Crippen molar-refractivity contribution in [3.8, 4) is 0 Å². The number of benzene rings is 2. The highest BCUT2D eigenvalue weighted by molar-refractivity contribution is 6.30. The molecule has 0 saturated carbocycles. The number of allylic oxidation sites excluding steroid dienone is 8. The minimum absolute atomic E-state index is 0.105. The fourth-order valence-electron chi connectivity index (χ4n) is 4.87. The van der Waals surface area contributed by atoms with E-state index < -0.39 is 0 Å². The molecule has 0 fully saturated rings. The van der Waals surface area contributed by atoms with Crippen molar-refractivity contribution >= 4 is 17.5 Å². The summed E-state index contributed by atoms with van der Waals surface area (Å²) in [7, 11) is 0. The van der Waals surface area contributed by atoms with Crippen molar-refractivity contribution in [1.29, 1.82) is 0 Å². The molecule has 5 heteroatoms. The first-order valence-electron chi connectivity index (χ1n) is 17.2. The molecule has 4 rings (SSSR count). The zero-order valence-corrected chi connectivity index (χ0v) is 30.8. The number of fused-ring (bicyclic) bond motifs is 1. The van der Waals surface area contributed by atoms with Crippen LogP contribution in [0.1, 0.15) is 96.3 Å². The molecule has 1 aliphatic rings. The SMILES string of the molecule is C/C=C\C=C/C.C=C/C=C\C.C=CCC(c1ccccc1)n1cnc2c1CC(CNC(=O)CCc1ccc(Cl)cc1)CC2.CC.CC. The summed E-state index contributed by atoms with van der Waals surface area (Å²) in [5, 5.41) is 3.87. The molecule has 1 aliphatic carbocycles. The predicted molar refractivity (Wildman–Crippen MR) is 207 cm³/mol. The summed E-state index contributed by atoms with van der Waals surface area (Å²) in [5.41, 5.74) is 4.89. The van der Waals surface area contributed by atoms with E-state index in [1.807, 2.05) is 128 Å². The van der Waals surface area contributed by atoms with Gasteiger partial charge in [-0.15, -0.1) is 6.58 Å². The highest BCUT2D eigenvalue weighted by atomic mass is 35.5. The number of aromatic nitrogens is 2. The van der Waals surface area contributed by atoms with Gasteiger partial charge in [-0.1, -0.05) is 137 Å². The Balaban J connectivity index is 0.00000119. The van der Waals surface area contributed by atoms with E-state index >= 15 is 0 Å². The summed E-state index contributed by atoms with van der Waals surface area (Å²) in [5.74, 6) is 0.533. The Kier molecular flexibility index (Phi) is 26.0. The van der Waals surface area contributed by atoms with Gasteiger partial charge in [-0.05, 0) is 82.1 Å². The minimum Gasteiger partial charge on any atom is -0.356 e. The fraction of sp³-hybridized carbons (Fsp3) is 0.381. The van der Waals surface area contributed by atoms with Crippen LogP contribution in [0.5, 0.6) is 0 Å². The van der Waals surface area contributed by atoms with Gasteiger partial charge >= 0.3 is 0 Å². The molecule has 2 atom stereocenters.